The van der Waals surface area contributed by atoms with E-state index in [9.17, 15) is 13.2 Å². The van der Waals surface area contributed by atoms with Gasteiger partial charge in [0.25, 0.3) is 5.91 Å². The summed E-state index contributed by atoms with van der Waals surface area (Å²) < 4.78 is 24.3. The normalized spacial score (nSPS) is 14.4. The van der Waals surface area contributed by atoms with Crippen LogP contribution >= 0.6 is 0 Å². The van der Waals surface area contributed by atoms with Crippen molar-refractivity contribution in [3.63, 3.8) is 0 Å². The molecule has 0 unspecified atom stereocenters. The number of rotatable bonds is 6. The molecule has 3 N–H and O–H groups in total. The Labute approximate surface area is 174 Å². The van der Waals surface area contributed by atoms with Gasteiger partial charge in [0.1, 0.15) is 5.52 Å². The topological polar surface area (TPSA) is 123 Å². The second kappa shape index (κ2) is 8.04. The summed E-state index contributed by atoms with van der Waals surface area (Å²) in [6.07, 6.45) is 4.66. The number of fused-ring (bicyclic) bond motifs is 1. The third kappa shape index (κ3) is 4.29. The SMILES string of the molecule is Cc1cn2nc(C(=O)NCCc3ccc(S(N)(=O)=O)cc3)cc2c(N2CCCC2)n1. The minimum Gasteiger partial charge on any atom is -0.355 e. The van der Waals surface area contributed by atoms with Crippen molar-refractivity contribution < 1.29 is 13.2 Å². The van der Waals surface area contributed by atoms with Gasteiger partial charge in [-0.3, -0.25) is 4.79 Å². The molecule has 158 valence electrons. The largest absolute Gasteiger partial charge is 0.355 e. The van der Waals surface area contributed by atoms with Crippen LogP contribution in [-0.2, 0) is 16.4 Å². The van der Waals surface area contributed by atoms with Crippen LogP contribution in [0.25, 0.3) is 5.52 Å². The van der Waals surface area contributed by atoms with Crippen LogP contribution in [0.15, 0.2) is 41.4 Å². The van der Waals surface area contributed by atoms with Gasteiger partial charge >= 0.3 is 0 Å². The van der Waals surface area contributed by atoms with Crippen molar-refractivity contribution in [2.75, 3.05) is 24.5 Å². The number of carbonyl (C=O) groups excluding carboxylic acids is 1. The van der Waals surface area contributed by atoms with E-state index in [1.54, 1.807) is 22.7 Å². The van der Waals surface area contributed by atoms with Gasteiger partial charge in [0.2, 0.25) is 10.0 Å². The maximum atomic E-state index is 12.6. The molecule has 1 saturated heterocycles. The van der Waals surface area contributed by atoms with E-state index in [1.807, 2.05) is 13.1 Å². The lowest BCUT2D eigenvalue weighted by atomic mass is 10.1. The summed E-state index contributed by atoms with van der Waals surface area (Å²) in [6.45, 7) is 4.24. The molecule has 1 aliphatic rings. The van der Waals surface area contributed by atoms with E-state index in [2.05, 4.69) is 20.3 Å². The van der Waals surface area contributed by atoms with Gasteiger partial charge in [-0.15, -0.1) is 0 Å². The molecule has 1 fully saturated rings. The van der Waals surface area contributed by atoms with Gasteiger partial charge < -0.3 is 10.2 Å². The number of hydrogen-bond donors (Lipinski definition) is 2. The molecule has 4 rings (SSSR count). The van der Waals surface area contributed by atoms with E-state index in [0.717, 1.165) is 48.5 Å². The van der Waals surface area contributed by atoms with Crippen molar-refractivity contribution in [2.24, 2.45) is 5.14 Å². The monoisotopic (exact) mass is 428 g/mol. The Morgan fingerprint density at radius 1 is 1.20 bits per heavy atom. The first-order valence-electron chi connectivity index (χ1n) is 9.83. The van der Waals surface area contributed by atoms with Crippen molar-refractivity contribution in [3.8, 4) is 0 Å². The highest BCUT2D eigenvalue weighted by Gasteiger charge is 2.20. The highest BCUT2D eigenvalue weighted by Crippen LogP contribution is 2.24. The average Bonchev–Trinajstić information content (AvgIpc) is 3.37. The lowest BCUT2D eigenvalue weighted by Gasteiger charge is -2.17. The number of anilines is 1. The summed E-state index contributed by atoms with van der Waals surface area (Å²) >= 11 is 0. The van der Waals surface area contributed by atoms with Crippen LogP contribution in [0.1, 0.15) is 34.6 Å². The van der Waals surface area contributed by atoms with Crippen LogP contribution in [0.3, 0.4) is 0 Å². The number of aromatic nitrogens is 3. The van der Waals surface area contributed by atoms with E-state index >= 15 is 0 Å². The Morgan fingerprint density at radius 3 is 2.57 bits per heavy atom. The number of nitrogens with two attached hydrogens (primary N) is 1. The van der Waals surface area contributed by atoms with Crippen LogP contribution in [0, 0.1) is 6.92 Å². The molecule has 1 amide bonds. The first kappa shape index (κ1) is 20.3. The van der Waals surface area contributed by atoms with Crippen LogP contribution in [0.4, 0.5) is 5.82 Å². The lowest BCUT2D eigenvalue weighted by Crippen LogP contribution is -2.26. The van der Waals surface area contributed by atoms with Crippen molar-refractivity contribution in [1.29, 1.82) is 0 Å². The summed E-state index contributed by atoms with van der Waals surface area (Å²) in [5.41, 5.74) is 2.91. The van der Waals surface area contributed by atoms with Gasteiger partial charge in [0.15, 0.2) is 11.5 Å². The zero-order chi connectivity index (χ0) is 21.3. The maximum absolute atomic E-state index is 12.6. The van der Waals surface area contributed by atoms with E-state index in [-0.39, 0.29) is 10.8 Å². The second-order valence-corrected chi connectivity index (χ2v) is 9.02. The average molecular weight is 429 g/mol. The molecule has 1 aliphatic heterocycles. The second-order valence-electron chi connectivity index (χ2n) is 7.45. The summed E-state index contributed by atoms with van der Waals surface area (Å²) in [4.78, 5) is 19.6. The molecule has 0 aliphatic carbocycles. The fourth-order valence-electron chi connectivity index (χ4n) is 3.62. The molecule has 0 atom stereocenters. The number of nitrogens with one attached hydrogen (secondary N) is 1. The summed E-state index contributed by atoms with van der Waals surface area (Å²) in [5.74, 6) is 0.610. The molecule has 1 aromatic carbocycles. The lowest BCUT2D eigenvalue weighted by molar-refractivity contribution is 0.0949. The van der Waals surface area contributed by atoms with Crippen molar-refractivity contribution in [1.82, 2.24) is 19.9 Å². The number of amides is 1. The van der Waals surface area contributed by atoms with E-state index in [1.165, 1.54) is 12.1 Å². The Morgan fingerprint density at radius 2 is 1.90 bits per heavy atom. The highest BCUT2D eigenvalue weighted by molar-refractivity contribution is 7.89. The summed E-state index contributed by atoms with van der Waals surface area (Å²) in [5, 5.41) is 12.4. The fraction of sp³-hybridized carbons (Fsp3) is 0.350. The molecule has 3 aromatic rings. The standard InChI is InChI=1S/C20H24N6O3S/c1-14-13-26-18(19(23-14)25-10-2-3-11-25)12-17(24-26)20(27)22-9-8-15-4-6-16(7-5-15)30(21,28)29/h4-7,12-13H,2-3,8-11H2,1H3,(H,22,27)(H2,21,28,29). The van der Waals surface area contributed by atoms with Gasteiger partial charge in [0.05, 0.1) is 16.8 Å². The van der Waals surface area contributed by atoms with Crippen LogP contribution < -0.4 is 15.4 Å². The molecule has 3 heterocycles. The zero-order valence-corrected chi connectivity index (χ0v) is 17.5. The number of primary sulfonamides is 1. The Kier molecular flexibility index (Phi) is 5.44. The number of aryl methyl sites for hydroxylation is 1. The predicted molar refractivity (Wildman–Crippen MR) is 113 cm³/mol. The molecule has 0 bridgehead atoms. The molecule has 0 saturated carbocycles. The van der Waals surface area contributed by atoms with Crippen LogP contribution in [0.2, 0.25) is 0 Å². The van der Waals surface area contributed by atoms with Gasteiger partial charge in [-0.25, -0.2) is 23.1 Å². The number of hydrogen-bond acceptors (Lipinski definition) is 6. The summed E-state index contributed by atoms with van der Waals surface area (Å²) in [6, 6.07) is 8.07. The van der Waals surface area contributed by atoms with Crippen LogP contribution in [0.5, 0.6) is 0 Å². The number of nitrogens with zero attached hydrogens (tertiary/aromatic N) is 4. The first-order valence-corrected chi connectivity index (χ1v) is 11.4. The van der Waals surface area contributed by atoms with Gasteiger partial charge in [-0.2, -0.15) is 5.10 Å². The first-order chi connectivity index (χ1) is 14.3. The van der Waals surface area contributed by atoms with Gasteiger partial charge in [0, 0.05) is 25.7 Å². The Bertz CT molecular complexity index is 1180. The molecule has 0 radical (unpaired) electrons. The smallest absolute Gasteiger partial charge is 0.271 e. The number of sulfonamides is 1. The Hall–Kier alpha value is -2.98. The third-order valence-corrected chi connectivity index (χ3v) is 6.07. The van der Waals surface area contributed by atoms with E-state index < -0.39 is 10.0 Å². The predicted octanol–water partition coefficient (Wildman–Crippen LogP) is 1.26. The van der Waals surface area contributed by atoms with E-state index in [4.69, 9.17) is 5.14 Å². The maximum Gasteiger partial charge on any atom is 0.271 e. The molecule has 9 nitrogen and oxygen atoms in total. The molecule has 2 aromatic heterocycles. The van der Waals surface area contributed by atoms with Crippen LogP contribution in [-0.4, -0.2) is 48.6 Å². The number of benzene rings is 1. The van der Waals surface area contributed by atoms with Crippen molar-refractivity contribution in [2.45, 2.75) is 31.1 Å². The molecule has 0 spiro atoms. The highest BCUT2D eigenvalue weighted by atomic mass is 32.2. The van der Waals surface area contributed by atoms with E-state index in [0.29, 0.717) is 18.7 Å². The van der Waals surface area contributed by atoms with Gasteiger partial charge in [-0.1, -0.05) is 12.1 Å². The quantitative estimate of drug-likeness (QED) is 0.609. The molecule has 10 heteroatoms. The minimum absolute atomic E-state index is 0.0673. The third-order valence-electron chi connectivity index (χ3n) is 5.15. The minimum atomic E-state index is -3.70. The zero-order valence-electron chi connectivity index (χ0n) is 16.7. The summed E-state index contributed by atoms with van der Waals surface area (Å²) in [7, 11) is -3.70. The Balaban J connectivity index is 1.44. The van der Waals surface area contributed by atoms with Gasteiger partial charge in [-0.05, 0) is 43.9 Å². The number of carbonyl (C=O) groups is 1. The molecular formula is C20H24N6O3S. The molecule has 30 heavy (non-hydrogen) atoms. The molecular weight excluding hydrogens is 404 g/mol. The fourth-order valence-corrected chi connectivity index (χ4v) is 4.13. The van der Waals surface area contributed by atoms with Crippen molar-refractivity contribution in [3.05, 3.63) is 53.5 Å². The van der Waals surface area contributed by atoms with Crippen molar-refractivity contribution >= 4 is 27.3 Å².